The zero-order valence-corrected chi connectivity index (χ0v) is 19.2. The number of anilines is 1. The van der Waals surface area contributed by atoms with Gasteiger partial charge in [0.1, 0.15) is 0 Å². The Kier molecular flexibility index (Phi) is 6.50. The highest BCUT2D eigenvalue weighted by molar-refractivity contribution is 8.27. The van der Waals surface area contributed by atoms with Gasteiger partial charge in [0.05, 0.1) is 21.2 Å². The van der Waals surface area contributed by atoms with Crippen LogP contribution in [0.2, 0.25) is 0 Å². The first-order valence-corrected chi connectivity index (χ1v) is 12.0. The van der Waals surface area contributed by atoms with Crippen LogP contribution in [0, 0.1) is 0 Å². The highest BCUT2D eigenvalue weighted by Crippen LogP contribution is 2.42. The van der Waals surface area contributed by atoms with E-state index in [9.17, 15) is 14.7 Å². The van der Waals surface area contributed by atoms with Crippen LogP contribution in [0.4, 0.5) is 5.69 Å². The third-order valence-corrected chi connectivity index (χ3v) is 7.50. The summed E-state index contributed by atoms with van der Waals surface area (Å²) in [5.74, 6) is -0.311. The Balaban J connectivity index is 1.90. The van der Waals surface area contributed by atoms with Gasteiger partial charge in [0.2, 0.25) is 0 Å². The van der Waals surface area contributed by atoms with E-state index in [1.165, 1.54) is 16.7 Å². The van der Waals surface area contributed by atoms with Gasteiger partial charge < -0.3 is 10.0 Å². The maximum absolute atomic E-state index is 13.5. The molecule has 158 valence electrons. The lowest BCUT2D eigenvalue weighted by atomic mass is 9.98. The lowest BCUT2D eigenvalue weighted by Crippen LogP contribution is -2.27. The number of nitrogens with zero attached hydrogens (tertiary/aromatic N) is 2. The summed E-state index contributed by atoms with van der Waals surface area (Å²) in [7, 11) is 0. The number of carboxylic acid groups (broad SMARTS) is 1. The van der Waals surface area contributed by atoms with Crippen molar-refractivity contribution < 1.29 is 14.7 Å². The molecule has 0 unspecified atom stereocenters. The first kappa shape index (κ1) is 21.7. The predicted molar refractivity (Wildman–Crippen MR) is 132 cm³/mol. The summed E-state index contributed by atoms with van der Waals surface area (Å²) >= 11 is 8.46. The van der Waals surface area contributed by atoms with Crippen molar-refractivity contribution in [1.29, 1.82) is 0 Å². The van der Waals surface area contributed by atoms with Crippen molar-refractivity contribution in [2.75, 3.05) is 23.7 Å². The van der Waals surface area contributed by atoms with E-state index < -0.39 is 5.97 Å². The van der Waals surface area contributed by atoms with Gasteiger partial charge in [-0.05, 0) is 36.8 Å². The number of carbonyl (C=O) groups excluding carboxylic acids is 1. The van der Waals surface area contributed by atoms with Gasteiger partial charge in [-0.25, -0.2) is 4.79 Å². The van der Waals surface area contributed by atoms with Crippen LogP contribution in [0.1, 0.15) is 22.8 Å². The molecule has 0 aliphatic carbocycles. The van der Waals surface area contributed by atoms with Crippen LogP contribution in [0.15, 0.2) is 70.6 Å². The standard InChI is InChI=1S/C23H20N2O3S3/c1-2-24-12-13-30-19(24)14-18(16-10-6-7-11-17(16)22(27)28)20-21(26)25(23(29)31-20)15-8-4-3-5-9-15/h3-11,14H,2,12-13H2,1H3,(H,27,28). The fraction of sp³-hybridized carbons (Fsp3) is 0.174. The molecule has 2 aliphatic rings. The topological polar surface area (TPSA) is 60.9 Å². The van der Waals surface area contributed by atoms with Crippen molar-refractivity contribution in [1.82, 2.24) is 4.90 Å². The summed E-state index contributed by atoms with van der Waals surface area (Å²) in [4.78, 5) is 29.6. The molecule has 2 heterocycles. The number of hydrogen-bond donors (Lipinski definition) is 1. The van der Waals surface area contributed by atoms with Crippen LogP contribution >= 0.6 is 35.7 Å². The Labute approximate surface area is 194 Å². The van der Waals surface area contributed by atoms with E-state index in [-0.39, 0.29) is 11.5 Å². The molecule has 0 radical (unpaired) electrons. The molecular weight excluding hydrogens is 448 g/mol. The summed E-state index contributed by atoms with van der Waals surface area (Å²) in [6.07, 6.45) is 1.94. The highest BCUT2D eigenvalue weighted by Gasteiger charge is 2.36. The van der Waals surface area contributed by atoms with Crippen LogP contribution in [0.3, 0.4) is 0 Å². The van der Waals surface area contributed by atoms with Gasteiger partial charge in [-0.3, -0.25) is 9.69 Å². The maximum Gasteiger partial charge on any atom is 0.336 e. The second-order valence-electron chi connectivity index (χ2n) is 6.85. The van der Waals surface area contributed by atoms with Crippen LogP contribution in [-0.2, 0) is 4.79 Å². The molecular formula is C23H20N2O3S3. The smallest absolute Gasteiger partial charge is 0.336 e. The molecule has 2 saturated heterocycles. The van der Waals surface area contributed by atoms with Crippen LogP contribution < -0.4 is 4.90 Å². The molecule has 0 saturated carbocycles. The zero-order chi connectivity index (χ0) is 22.0. The fourth-order valence-electron chi connectivity index (χ4n) is 3.53. The summed E-state index contributed by atoms with van der Waals surface area (Å²) in [5, 5.41) is 10.8. The van der Waals surface area contributed by atoms with Gasteiger partial charge >= 0.3 is 5.97 Å². The third-order valence-electron chi connectivity index (χ3n) is 5.05. The first-order chi connectivity index (χ1) is 15.0. The molecule has 5 nitrogen and oxygen atoms in total. The van der Waals surface area contributed by atoms with E-state index in [1.54, 1.807) is 36.0 Å². The van der Waals surface area contributed by atoms with E-state index in [2.05, 4.69) is 11.8 Å². The van der Waals surface area contributed by atoms with Gasteiger partial charge in [-0.15, -0.1) is 11.8 Å². The summed E-state index contributed by atoms with van der Waals surface area (Å²) < 4.78 is 0.432. The van der Waals surface area contributed by atoms with Crippen molar-refractivity contribution in [3.8, 4) is 0 Å². The normalized spacial score (nSPS) is 19.5. The highest BCUT2D eigenvalue weighted by atomic mass is 32.2. The average molecular weight is 469 g/mol. The molecule has 2 aromatic carbocycles. The van der Waals surface area contributed by atoms with Crippen LogP contribution in [-0.4, -0.2) is 45.0 Å². The molecule has 31 heavy (non-hydrogen) atoms. The second-order valence-corrected chi connectivity index (χ2v) is 9.61. The number of rotatable bonds is 5. The number of hydrogen-bond acceptors (Lipinski definition) is 6. The number of carbonyl (C=O) groups is 2. The van der Waals surface area contributed by atoms with E-state index in [4.69, 9.17) is 12.2 Å². The van der Waals surface area contributed by atoms with Gasteiger partial charge in [-0.1, -0.05) is 60.4 Å². The minimum absolute atomic E-state index is 0.158. The predicted octanol–water partition coefficient (Wildman–Crippen LogP) is 5.07. The summed E-state index contributed by atoms with van der Waals surface area (Å²) in [6.45, 7) is 3.85. The SMILES string of the molecule is CCN1CCSC1=CC(=C1SC(=S)N(c2ccccc2)C1=O)c1ccccc1C(=O)O. The molecule has 0 spiro atoms. The molecule has 4 rings (SSSR count). The molecule has 2 fully saturated rings. The number of aromatic carboxylic acids is 1. The number of para-hydroxylation sites is 1. The average Bonchev–Trinajstić information content (AvgIpc) is 3.35. The van der Waals surface area contributed by atoms with Crippen molar-refractivity contribution in [2.45, 2.75) is 6.92 Å². The molecule has 1 N–H and O–H groups in total. The Hall–Kier alpha value is -2.55. The van der Waals surface area contributed by atoms with Gasteiger partial charge in [0.25, 0.3) is 5.91 Å². The van der Waals surface area contributed by atoms with Crippen LogP contribution in [0.25, 0.3) is 5.57 Å². The Morgan fingerprint density at radius 3 is 2.48 bits per heavy atom. The summed E-state index contributed by atoms with van der Waals surface area (Å²) in [6, 6.07) is 16.1. The monoisotopic (exact) mass is 468 g/mol. The fourth-order valence-corrected chi connectivity index (χ4v) is 6.01. The molecule has 2 aromatic rings. The van der Waals surface area contributed by atoms with Gasteiger partial charge in [0, 0.05) is 24.4 Å². The number of allylic oxidation sites excluding steroid dienone is 2. The van der Waals surface area contributed by atoms with Crippen molar-refractivity contribution >= 4 is 63.2 Å². The third kappa shape index (κ3) is 4.28. The van der Waals surface area contributed by atoms with E-state index in [1.807, 2.05) is 36.4 Å². The van der Waals surface area contributed by atoms with Gasteiger partial charge in [0.15, 0.2) is 4.32 Å². The largest absolute Gasteiger partial charge is 0.478 e. The lowest BCUT2D eigenvalue weighted by Gasteiger charge is -2.18. The molecule has 0 aromatic heterocycles. The van der Waals surface area contributed by atoms with Crippen molar-refractivity contribution in [3.05, 3.63) is 81.7 Å². The zero-order valence-electron chi connectivity index (χ0n) is 16.8. The van der Waals surface area contributed by atoms with Crippen LogP contribution in [0.5, 0.6) is 0 Å². The molecule has 1 amide bonds. The number of benzene rings is 2. The lowest BCUT2D eigenvalue weighted by molar-refractivity contribution is -0.113. The maximum atomic E-state index is 13.5. The summed E-state index contributed by atoms with van der Waals surface area (Å²) in [5.41, 5.74) is 1.96. The Morgan fingerprint density at radius 1 is 1.13 bits per heavy atom. The Morgan fingerprint density at radius 2 is 1.81 bits per heavy atom. The molecule has 0 atom stereocenters. The number of thioether (sulfide) groups is 2. The Bertz CT molecular complexity index is 1110. The molecule has 2 aliphatic heterocycles. The van der Waals surface area contributed by atoms with E-state index >= 15 is 0 Å². The number of amides is 1. The quantitative estimate of drug-likeness (QED) is 0.485. The van der Waals surface area contributed by atoms with Crippen molar-refractivity contribution in [2.24, 2.45) is 0 Å². The van der Waals surface area contributed by atoms with Crippen molar-refractivity contribution in [3.63, 3.8) is 0 Å². The minimum atomic E-state index is -1.03. The van der Waals surface area contributed by atoms with Gasteiger partial charge in [-0.2, -0.15) is 0 Å². The van der Waals surface area contributed by atoms with E-state index in [0.29, 0.717) is 26.0 Å². The van der Waals surface area contributed by atoms with E-state index in [0.717, 1.165) is 23.9 Å². The molecule has 0 bridgehead atoms. The number of thiocarbonyl (C=S) groups is 1. The number of carboxylic acids is 1. The molecule has 8 heteroatoms. The first-order valence-electron chi connectivity index (χ1n) is 9.79. The minimum Gasteiger partial charge on any atom is -0.478 e. The second kappa shape index (κ2) is 9.30.